The van der Waals surface area contributed by atoms with Crippen LogP contribution in [0, 0.1) is 0 Å². The summed E-state index contributed by atoms with van der Waals surface area (Å²) in [6.07, 6.45) is -4.61. The predicted molar refractivity (Wildman–Crippen MR) is 67.8 cm³/mol. The first kappa shape index (κ1) is 17.6. The molecule has 1 aliphatic rings. The summed E-state index contributed by atoms with van der Waals surface area (Å²) in [4.78, 5) is 1.89. The minimum absolute atomic E-state index is 0.198. The van der Waals surface area contributed by atoms with Gasteiger partial charge in [0.2, 0.25) is 10.0 Å². The second-order valence-corrected chi connectivity index (χ2v) is 6.67. The number of nitrogens with one attached hydrogen (secondary N) is 1. The number of piperazine rings is 1. The van der Waals surface area contributed by atoms with Crippen LogP contribution in [0.3, 0.4) is 0 Å². The zero-order valence-corrected chi connectivity index (χ0v) is 11.9. The molecule has 0 aromatic heterocycles. The van der Waals surface area contributed by atoms with Gasteiger partial charge in [-0.3, -0.25) is 4.90 Å². The Kier molecular flexibility index (Phi) is 6.65. The average Bonchev–Trinajstić information content (AvgIpc) is 2.36. The maximum Gasteiger partial charge on any atom is 0.402 e. The third kappa shape index (κ3) is 6.35. The Balaban J connectivity index is 2.57. The number of aliphatic hydroxyl groups is 1. The van der Waals surface area contributed by atoms with Gasteiger partial charge in [0, 0.05) is 39.3 Å². The molecule has 10 heteroatoms. The van der Waals surface area contributed by atoms with Crippen molar-refractivity contribution < 1.29 is 26.7 Å². The standard InChI is InChI=1S/C10H20F3N3O3S/c11-10(12,13)9-16(5-7-17)20(18,19)8-6-15-3-1-14-2-4-15/h14,17H,1-9H2. The summed E-state index contributed by atoms with van der Waals surface area (Å²) < 4.78 is 61.2. The van der Waals surface area contributed by atoms with Crippen molar-refractivity contribution in [3.63, 3.8) is 0 Å². The molecule has 20 heavy (non-hydrogen) atoms. The van der Waals surface area contributed by atoms with Gasteiger partial charge in [0.05, 0.1) is 12.4 Å². The zero-order valence-electron chi connectivity index (χ0n) is 11.1. The first-order chi connectivity index (χ1) is 9.24. The molecule has 0 aromatic rings. The van der Waals surface area contributed by atoms with Crippen molar-refractivity contribution in [2.45, 2.75) is 6.18 Å². The number of halogens is 3. The highest BCUT2D eigenvalue weighted by atomic mass is 32.2. The highest BCUT2D eigenvalue weighted by molar-refractivity contribution is 7.89. The second kappa shape index (κ2) is 7.55. The molecule has 0 atom stereocenters. The fraction of sp³-hybridized carbons (Fsp3) is 1.00. The molecule has 1 aliphatic heterocycles. The average molecular weight is 319 g/mol. The molecule has 0 bridgehead atoms. The molecule has 6 nitrogen and oxygen atoms in total. The van der Waals surface area contributed by atoms with Crippen LogP contribution in [-0.2, 0) is 10.0 Å². The SMILES string of the molecule is O=S(=O)(CCN1CCNCC1)N(CCO)CC(F)(F)F. The van der Waals surface area contributed by atoms with E-state index in [1.54, 1.807) is 0 Å². The van der Waals surface area contributed by atoms with Crippen molar-refractivity contribution in [3.8, 4) is 0 Å². The van der Waals surface area contributed by atoms with E-state index >= 15 is 0 Å². The Morgan fingerprint density at radius 2 is 1.85 bits per heavy atom. The fourth-order valence-electron chi connectivity index (χ4n) is 1.94. The first-order valence-corrected chi connectivity index (χ1v) is 7.94. The molecule has 120 valence electrons. The van der Waals surface area contributed by atoms with E-state index in [9.17, 15) is 21.6 Å². The first-order valence-electron chi connectivity index (χ1n) is 6.33. The topological polar surface area (TPSA) is 72.9 Å². The predicted octanol–water partition coefficient (Wildman–Crippen LogP) is -0.922. The Bertz CT molecular complexity index is 383. The third-order valence-corrected chi connectivity index (χ3v) is 4.77. The van der Waals surface area contributed by atoms with E-state index in [2.05, 4.69) is 5.32 Å². The lowest BCUT2D eigenvalue weighted by molar-refractivity contribution is -0.136. The van der Waals surface area contributed by atoms with E-state index in [-0.39, 0.29) is 12.3 Å². The van der Waals surface area contributed by atoms with E-state index in [4.69, 9.17) is 5.11 Å². The lowest BCUT2D eigenvalue weighted by Crippen LogP contribution is -2.47. The van der Waals surface area contributed by atoms with Gasteiger partial charge >= 0.3 is 6.18 Å². The number of hydrogen-bond donors (Lipinski definition) is 2. The Morgan fingerprint density at radius 1 is 1.25 bits per heavy atom. The normalized spacial score (nSPS) is 18.6. The van der Waals surface area contributed by atoms with Crippen LogP contribution in [0.2, 0.25) is 0 Å². The summed E-state index contributed by atoms with van der Waals surface area (Å²) in [5.74, 6) is -0.372. The van der Waals surface area contributed by atoms with Crippen molar-refractivity contribution in [1.82, 2.24) is 14.5 Å². The quantitative estimate of drug-likeness (QED) is 0.635. The fourth-order valence-corrected chi connectivity index (χ4v) is 3.39. The maximum atomic E-state index is 12.3. The molecule has 0 aromatic carbocycles. The molecular formula is C10H20F3N3O3S. The third-order valence-electron chi connectivity index (χ3n) is 2.97. The lowest BCUT2D eigenvalue weighted by Gasteiger charge is -2.28. The zero-order chi connectivity index (χ0) is 15.2. The molecule has 1 rings (SSSR count). The minimum Gasteiger partial charge on any atom is -0.395 e. The highest BCUT2D eigenvalue weighted by Gasteiger charge is 2.36. The second-order valence-electron chi connectivity index (χ2n) is 4.58. The number of alkyl halides is 3. The highest BCUT2D eigenvalue weighted by Crippen LogP contribution is 2.18. The van der Waals surface area contributed by atoms with Gasteiger partial charge in [-0.1, -0.05) is 0 Å². The molecule has 0 spiro atoms. The Morgan fingerprint density at radius 3 is 2.35 bits per heavy atom. The molecule has 1 saturated heterocycles. The molecule has 1 fully saturated rings. The van der Waals surface area contributed by atoms with Gasteiger partial charge in [-0.05, 0) is 0 Å². The van der Waals surface area contributed by atoms with Crippen LogP contribution in [0.5, 0.6) is 0 Å². The maximum absolute atomic E-state index is 12.3. The van der Waals surface area contributed by atoms with Crippen molar-refractivity contribution in [1.29, 1.82) is 0 Å². The van der Waals surface area contributed by atoms with E-state index < -0.39 is 35.9 Å². The molecule has 0 aliphatic carbocycles. The number of aliphatic hydroxyl groups excluding tert-OH is 1. The van der Waals surface area contributed by atoms with E-state index in [1.165, 1.54) is 0 Å². The van der Waals surface area contributed by atoms with E-state index in [0.29, 0.717) is 17.4 Å². The van der Waals surface area contributed by atoms with Crippen LogP contribution < -0.4 is 5.32 Å². The van der Waals surface area contributed by atoms with Crippen molar-refractivity contribution >= 4 is 10.0 Å². The van der Waals surface area contributed by atoms with Crippen LogP contribution in [0.1, 0.15) is 0 Å². The number of nitrogens with zero attached hydrogens (tertiary/aromatic N) is 2. The van der Waals surface area contributed by atoms with Crippen LogP contribution in [-0.4, -0.2) is 87.1 Å². The molecule has 0 radical (unpaired) electrons. The molecule has 0 amide bonds. The summed E-state index contributed by atoms with van der Waals surface area (Å²) in [5, 5.41) is 11.8. The Labute approximate surface area is 116 Å². The molecular weight excluding hydrogens is 299 g/mol. The van der Waals surface area contributed by atoms with Gasteiger partial charge in [-0.15, -0.1) is 0 Å². The van der Waals surface area contributed by atoms with E-state index in [0.717, 1.165) is 13.1 Å². The monoisotopic (exact) mass is 319 g/mol. The summed E-state index contributed by atoms with van der Waals surface area (Å²) in [6.45, 7) is 0.295. The molecule has 1 heterocycles. The van der Waals surface area contributed by atoms with Gasteiger partial charge in [-0.2, -0.15) is 17.5 Å². The summed E-state index contributed by atoms with van der Waals surface area (Å²) in [6, 6.07) is 0. The van der Waals surface area contributed by atoms with Gasteiger partial charge in [0.25, 0.3) is 0 Å². The summed E-state index contributed by atoms with van der Waals surface area (Å²) in [7, 11) is -4.03. The molecule has 2 N–H and O–H groups in total. The van der Waals surface area contributed by atoms with E-state index in [1.807, 2.05) is 4.90 Å². The van der Waals surface area contributed by atoms with Crippen molar-refractivity contribution in [2.24, 2.45) is 0 Å². The van der Waals surface area contributed by atoms with Gasteiger partial charge < -0.3 is 10.4 Å². The van der Waals surface area contributed by atoms with Crippen LogP contribution in [0.25, 0.3) is 0 Å². The van der Waals surface area contributed by atoms with Crippen molar-refractivity contribution in [3.05, 3.63) is 0 Å². The Hall–Kier alpha value is -0.420. The van der Waals surface area contributed by atoms with Crippen LogP contribution in [0.4, 0.5) is 13.2 Å². The number of rotatable bonds is 7. The summed E-state index contributed by atoms with van der Waals surface area (Å²) in [5.41, 5.74) is 0. The minimum atomic E-state index is -4.61. The molecule has 0 saturated carbocycles. The smallest absolute Gasteiger partial charge is 0.395 e. The van der Waals surface area contributed by atoms with Crippen LogP contribution >= 0.6 is 0 Å². The number of sulfonamides is 1. The van der Waals surface area contributed by atoms with Crippen molar-refractivity contribution in [2.75, 3.05) is 58.2 Å². The largest absolute Gasteiger partial charge is 0.402 e. The lowest BCUT2D eigenvalue weighted by atomic mass is 10.4. The molecule has 0 unspecified atom stereocenters. The van der Waals surface area contributed by atoms with Gasteiger partial charge in [-0.25, -0.2) is 8.42 Å². The van der Waals surface area contributed by atoms with Gasteiger partial charge in [0.1, 0.15) is 6.54 Å². The number of hydrogen-bond acceptors (Lipinski definition) is 5. The van der Waals surface area contributed by atoms with Gasteiger partial charge in [0.15, 0.2) is 0 Å². The summed E-state index contributed by atoms with van der Waals surface area (Å²) >= 11 is 0. The van der Waals surface area contributed by atoms with Crippen LogP contribution in [0.15, 0.2) is 0 Å².